The van der Waals surface area contributed by atoms with Crippen LogP contribution in [0.3, 0.4) is 0 Å². The van der Waals surface area contributed by atoms with Crippen LogP contribution < -0.4 is 10.1 Å². The molecular weight excluding hydrogens is 264 g/mol. The number of amides is 1. The van der Waals surface area contributed by atoms with Crippen LogP contribution in [0, 0.1) is 0 Å². The number of rotatable bonds is 4. The number of nitrogens with one attached hydrogen (secondary N) is 1. The first-order valence-corrected chi connectivity index (χ1v) is 5.52. The topological polar surface area (TPSA) is 114 Å². The summed E-state index contributed by atoms with van der Waals surface area (Å²) in [6.07, 6.45) is 2.55. The highest BCUT2D eigenvalue weighted by Gasteiger charge is 2.08. The van der Waals surface area contributed by atoms with E-state index in [0.29, 0.717) is 0 Å². The van der Waals surface area contributed by atoms with Crippen LogP contribution in [-0.4, -0.2) is 39.2 Å². The molecule has 0 saturated carbocycles. The summed E-state index contributed by atoms with van der Waals surface area (Å²) in [5.41, 5.74) is 0.148. The summed E-state index contributed by atoms with van der Waals surface area (Å²) in [6, 6.07) is 4.20. The van der Waals surface area contributed by atoms with Crippen molar-refractivity contribution in [1.82, 2.24) is 20.5 Å². The predicted octanol–water partition coefficient (Wildman–Crippen LogP) is 0.722. The summed E-state index contributed by atoms with van der Waals surface area (Å²) in [5.74, 6) is -1.13. The Labute approximate surface area is 113 Å². The zero-order chi connectivity index (χ0) is 14.5. The molecule has 0 spiro atoms. The van der Waals surface area contributed by atoms with Gasteiger partial charge in [0.2, 0.25) is 5.88 Å². The van der Waals surface area contributed by atoms with Gasteiger partial charge in [0, 0.05) is 19.3 Å². The Bertz CT molecular complexity index is 642. The van der Waals surface area contributed by atoms with E-state index in [1.165, 1.54) is 37.6 Å². The lowest BCUT2D eigenvalue weighted by Crippen LogP contribution is -2.19. The molecule has 0 bridgehead atoms. The second-order valence-corrected chi connectivity index (χ2v) is 3.65. The Balaban J connectivity index is 2.16. The first kappa shape index (κ1) is 13.4. The Hall–Kier alpha value is -3.03. The molecule has 0 aliphatic heterocycles. The highest BCUT2D eigenvalue weighted by molar-refractivity contribution is 5.91. The van der Waals surface area contributed by atoms with Gasteiger partial charge in [-0.25, -0.2) is 4.79 Å². The summed E-state index contributed by atoms with van der Waals surface area (Å²) in [7, 11) is 1.48. The van der Waals surface area contributed by atoms with Crippen molar-refractivity contribution in [2.45, 2.75) is 0 Å². The van der Waals surface area contributed by atoms with E-state index in [1.807, 2.05) is 0 Å². The quantitative estimate of drug-likeness (QED) is 0.844. The molecule has 0 aliphatic rings. The third kappa shape index (κ3) is 3.05. The largest absolute Gasteiger partial charge is 0.478 e. The van der Waals surface area contributed by atoms with Gasteiger partial charge < -0.3 is 15.2 Å². The van der Waals surface area contributed by atoms with Gasteiger partial charge in [-0.2, -0.15) is 0 Å². The normalized spacial score (nSPS) is 9.85. The van der Waals surface area contributed by atoms with E-state index < -0.39 is 5.97 Å². The van der Waals surface area contributed by atoms with Gasteiger partial charge in [0.15, 0.2) is 5.69 Å². The maximum Gasteiger partial charge on any atom is 0.337 e. The number of aromatic carboxylic acids is 1. The van der Waals surface area contributed by atoms with Crippen molar-refractivity contribution < 1.29 is 19.4 Å². The second-order valence-electron chi connectivity index (χ2n) is 3.65. The minimum Gasteiger partial charge on any atom is -0.478 e. The molecule has 2 aromatic rings. The van der Waals surface area contributed by atoms with Crippen molar-refractivity contribution in [2.24, 2.45) is 0 Å². The molecule has 8 heteroatoms. The van der Waals surface area contributed by atoms with Crippen LogP contribution in [0.2, 0.25) is 0 Å². The van der Waals surface area contributed by atoms with Gasteiger partial charge >= 0.3 is 5.97 Å². The minimum atomic E-state index is -1.11. The Morgan fingerprint density at radius 3 is 2.65 bits per heavy atom. The summed E-state index contributed by atoms with van der Waals surface area (Å²) < 4.78 is 5.31. The maximum absolute atomic E-state index is 11.3. The third-order valence-corrected chi connectivity index (χ3v) is 2.28. The number of carbonyl (C=O) groups excluding carboxylic acids is 1. The van der Waals surface area contributed by atoms with E-state index in [0.717, 1.165) is 0 Å². The standard InChI is InChI=1S/C12H10N4O4/c1-13-11(17)9-2-3-10(16-15-9)20-8-4-7(12(18)19)5-14-6-8/h2-6H,1H3,(H,13,17)(H,18,19). The number of aromatic nitrogens is 3. The number of nitrogens with zero attached hydrogens (tertiary/aromatic N) is 3. The fraction of sp³-hybridized carbons (Fsp3) is 0.0833. The molecular formula is C12H10N4O4. The Kier molecular flexibility index (Phi) is 3.85. The number of hydrogen-bond acceptors (Lipinski definition) is 6. The minimum absolute atomic E-state index is 0.00237. The van der Waals surface area contributed by atoms with Crippen molar-refractivity contribution in [3.63, 3.8) is 0 Å². The average molecular weight is 274 g/mol. The Morgan fingerprint density at radius 1 is 1.25 bits per heavy atom. The molecule has 0 fully saturated rings. The molecule has 102 valence electrons. The smallest absolute Gasteiger partial charge is 0.337 e. The first-order valence-electron chi connectivity index (χ1n) is 5.52. The van der Waals surface area contributed by atoms with E-state index in [4.69, 9.17) is 9.84 Å². The molecule has 1 amide bonds. The van der Waals surface area contributed by atoms with Crippen molar-refractivity contribution in [3.05, 3.63) is 41.9 Å². The second kappa shape index (κ2) is 5.74. The molecule has 0 atom stereocenters. The molecule has 2 N–H and O–H groups in total. The number of ether oxygens (including phenoxy) is 1. The SMILES string of the molecule is CNC(=O)c1ccc(Oc2cncc(C(=O)O)c2)nn1. The molecule has 20 heavy (non-hydrogen) atoms. The van der Waals surface area contributed by atoms with E-state index in [-0.39, 0.29) is 28.8 Å². The van der Waals surface area contributed by atoms with Crippen LogP contribution in [0.4, 0.5) is 0 Å². The van der Waals surface area contributed by atoms with Gasteiger partial charge in [0.05, 0.1) is 11.8 Å². The lowest BCUT2D eigenvalue weighted by atomic mass is 10.3. The van der Waals surface area contributed by atoms with E-state index in [2.05, 4.69) is 20.5 Å². The van der Waals surface area contributed by atoms with Crippen molar-refractivity contribution >= 4 is 11.9 Å². The number of hydrogen-bond donors (Lipinski definition) is 2. The van der Waals surface area contributed by atoms with Crippen molar-refractivity contribution in [3.8, 4) is 11.6 Å². The van der Waals surface area contributed by atoms with E-state index in [9.17, 15) is 9.59 Å². The van der Waals surface area contributed by atoms with E-state index >= 15 is 0 Å². The lowest BCUT2D eigenvalue weighted by molar-refractivity contribution is 0.0695. The number of carboxylic acids is 1. The number of carboxylic acid groups (broad SMARTS) is 1. The van der Waals surface area contributed by atoms with Crippen LogP contribution in [0.15, 0.2) is 30.6 Å². The van der Waals surface area contributed by atoms with Crippen molar-refractivity contribution in [2.75, 3.05) is 7.05 Å². The summed E-state index contributed by atoms with van der Waals surface area (Å²) in [5, 5.41) is 18.6. The fourth-order valence-electron chi connectivity index (χ4n) is 1.34. The van der Waals surface area contributed by atoms with Gasteiger partial charge in [0.25, 0.3) is 5.91 Å². The van der Waals surface area contributed by atoms with Crippen LogP contribution >= 0.6 is 0 Å². The van der Waals surface area contributed by atoms with Crippen molar-refractivity contribution in [1.29, 1.82) is 0 Å². The highest BCUT2D eigenvalue weighted by atomic mass is 16.5. The van der Waals surface area contributed by atoms with Gasteiger partial charge in [0.1, 0.15) is 5.75 Å². The van der Waals surface area contributed by atoms with Gasteiger partial charge in [-0.3, -0.25) is 9.78 Å². The van der Waals surface area contributed by atoms with Crippen LogP contribution in [0.5, 0.6) is 11.6 Å². The molecule has 2 rings (SSSR count). The fourth-order valence-corrected chi connectivity index (χ4v) is 1.34. The number of carbonyl (C=O) groups is 2. The van der Waals surface area contributed by atoms with Gasteiger partial charge in [-0.05, 0) is 12.1 Å². The molecule has 8 nitrogen and oxygen atoms in total. The first-order chi connectivity index (χ1) is 9.60. The zero-order valence-electron chi connectivity index (χ0n) is 10.4. The van der Waals surface area contributed by atoms with Crippen LogP contribution in [-0.2, 0) is 0 Å². The molecule has 0 radical (unpaired) electrons. The molecule has 2 aromatic heterocycles. The summed E-state index contributed by atoms with van der Waals surface area (Å²) in [6.45, 7) is 0. The molecule has 0 saturated heterocycles. The number of pyridine rings is 1. The average Bonchev–Trinajstić information content (AvgIpc) is 2.47. The lowest BCUT2D eigenvalue weighted by Gasteiger charge is -2.04. The molecule has 0 aliphatic carbocycles. The maximum atomic E-state index is 11.3. The predicted molar refractivity (Wildman–Crippen MR) is 66.7 cm³/mol. The molecule has 0 unspecified atom stereocenters. The highest BCUT2D eigenvalue weighted by Crippen LogP contribution is 2.18. The third-order valence-electron chi connectivity index (χ3n) is 2.28. The van der Waals surface area contributed by atoms with Crippen LogP contribution in [0.25, 0.3) is 0 Å². The van der Waals surface area contributed by atoms with E-state index in [1.54, 1.807) is 0 Å². The summed E-state index contributed by atoms with van der Waals surface area (Å²) in [4.78, 5) is 25.8. The molecule has 0 aromatic carbocycles. The van der Waals surface area contributed by atoms with Crippen LogP contribution in [0.1, 0.15) is 20.8 Å². The molecule has 2 heterocycles. The zero-order valence-corrected chi connectivity index (χ0v) is 10.4. The van der Waals surface area contributed by atoms with Gasteiger partial charge in [-0.15, -0.1) is 10.2 Å². The summed E-state index contributed by atoms with van der Waals surface area (Å²) >= 11 is 0. The Morgan fingerprint density at radius 2 is 2.05 bits per heavy atom. The monoisotopic (exact) mass is 274 g/mol. The van der Waals surface area contributed by atoms with Gasteiger partial charge in [-0.1, -0.05) is 0 Å².